The van der Waals surface area contributed by atoms with Gasteiger partial charge in [0.05, 0.1) is 21.8 Å². The number of nitrogens with two attached hydrogens (primary N) is 1. The van der Waals surface area contributed by atoms with E-state index >= 15 is 0 Å². The van der Waals surface area contributed by atoms with Gasteiger partial charge in [-0.2, -0.15) is 5.10 Å². The van der Waals surface area contributed by atoms with Gasteiger partial charge in [-0.3, -0.25) is 9.89 Å². The van der Waals surface area contributed by atoms with Gasteiger partial charge < -0.3 is 11.1 Å². The van der Waals surface area contributed by atoms with Crippen molar-refractivity contribution in [3.63, 3.8) is 0 Å². The van der Waals surface area contributed by atoms with Crippen LogP contribution in [0.5, 0.6) is 0 Å². The van der Waals surface area contributed by atoms with Crippen molar-refractivity contribution in [3.05, 3.63) is 34.4 Å². The molecule has 4 N–H and O–H groups in total. The number of hydrogen-bond donors (Lipinski definition) is 3. The molecule has 134 valence electrons. The molecule has 2 aliphatic carbocycles. The number of aromatic amines is 1. The van der Waals surface area contributed by atoms with Gasteiger partial charge in [0, 0.05) is 22.5 Å². The second kappa shape index (κ2) is 6.47. The molecule has 0 aromatic carbocycles. The number of H-pyrrole nitrogens is 1. The average Bonchev–Trinajstić information content (AvgIpc) is 3.29. The second-order valence-electron chi connectivity index (χ2n) is 6.52. The zero-order valence-corrected chi connectivity index (χ0v) is 15.6. The van der Waals surface area contributed by atoms with Gasteiger partial charge in [-0.15, -0.1) is 0 Å². The summed E-state index contributed by atoms with van der Waals surface area (Å²) >= 11 is 5.24. The van der Waals surface area contributed by atoms with Crippen molar-refractivity contribution in [1.82, 2.24) is 10.2 Å². The Kier molecular flexibility index (Phi) is 4.65. The Hall–Kier alpha value is -1.84. The highest BCUT2D eigenvalue weighted by molar-refractivity contribution is 7.96. The maximum absolute atomic E-state index is 12.5. The summed E-state index contributed by atoms with van der Waals surface area (Å²) in [5, 5.41) is 9.03. The minimum absolute atomic E-state index is 0.0415. The normalized spacial score (nSPS) is 21.1. The zero-order valence-electron chi connectivity index (χ0n) is 13.9. The van der Waals surface area contributed by atoms with E-state index in [1.54, 1.807) is 19.9 Å². The van der Waals surface area contributed by atoms with Crippen molar-refractivity contribution in [1.29, 1.82) is 0 Å². The molecule has 25 heavy (non-hydrogen) atoms. The molecule has 1 atom stereocenters. The van der Waals surface area contributed by atoms with Gasteiger partial charge in [0.15, 0.2) is 15.7 Å². The van der Waals surface area contributed by atoms with Crippen molar-refractivity contribution in [2.75, 3.05) is 5.32 Å². The minimum atomic E-state index is -3.53. The number of carbonyl (C=O) groups is 1. The van der Waals surface area contributed by atoms with Crippen LogP contribution in [0.4, 0.5) is 5.82 Å². The summed E-state index contributed by atoms with van der Waals surface area (Å²) in [6.07, 6.45) is 5.02. The Morgan fingerprint density at radius 2 is 2.08 bits per heavy atom. The molecule has 2 aliphatic rings. The smallest absolute Gasteiger partial charge is 0.258 e. The standard InChI is InChI=1S/C16H20N4O3S2/c1-8(2)25(22,23)12-6-5-10(15(24)14(12)17)16(21)18-13-7-11(19-20-13)9-3-4-9/h5-9,14H,3-4,17H2,1-2H3,(H2,18,19,20,21). The Labute approximate surface area is 151 Å². The number of aromatic nitrogens is 2. The van der Waals surface area contributed by atoms with E-state index in [9.17, 15) is 13.2 Å². The summed E-state index contributed by atoms with van der Waals surface area (Å²) in [4.78, 5) is 12.6. The lowest BCUT2D eigenvalue weighted by Crippen LogP contribution is -2.41. The van der Waals surface area contributed by atoms with E-state index in [1.165, 1.54) is 12.2 Å². The number of thiocarbonyl (C=S) groups is 1. The third-order valence-corrected chi connectivity index (χ3v) is 7.08. The van der Waals surface area contributed by atoms with Crippen molar-refractivity contribution in [3.8, 4) is 0 Å². The number of hydrogen-bond acceptors (Lipinski definition) is 6. The first-order valence-electron chi connectivity index (χ1n) is 8.04. The molecule has 9 heteroatoms. The topological polar surface area (TPSA) is 118 Å². The molecule has 1 heterocycles. The van der Waals surface area contributed by atoms with E-state index in [2.05, 4.69) is 15.5 Å². The SMILES string of the molecule is CC(C)S(=O)(=O)C1=CC=C(C(=O)Nc2cc(C3CC3)[nH]n2)C(=S)C1N. The summed E-state index contributed by atoms with van der Waals surface area (Å²) in [7, 11) is -3.53. The number of nitrogens with one attached hydrogen (secondary N) is 2. The van der Waals surface area contributed by atoms with Gasteiger partial charge in [-0.1, -0.05) is 12.2 Å². The first-order chi connectivity index (χ1) is 11.7. The highest BCUT2D eigenvalue weighted by Gasteiger charge is 2.34. The van der Waals surface area contributed by atoms with Crippen LogP contribution < -0.4 is 11.1 Å². The van der Waals surface area contributed by atoms with Crippen LogP contribution in [0.1, 0.15) is 38.3 Å². The van der Waals surface area contributed by atoms with E-state index in [0.717, 1.165) is 18.5 Å². The number of rotatable bonds is 5. The van der Waals surface area contributed by atoms with Crippen LogP contribution >= 0.6 is 12.2 Å². The number of sulfone groups is 1. The van der Waals surface area contributed by atoms with Crippen LogP contribution in [0.25, 0.3) is 0 Å². The molecule has 1 unspecified atom stereocenters. The number of allylic oxidation sites excluding steroid dienone is 2. The van der Waals surface area contributed by atoms with Crippen LogP contribution in [-0.4, -0.2) is 40.7 Å². The van der Waals surface area contributed by atoms with Gasteiger partial charge in [-0.25, -0.2) is 8.42 Å². The molecule has 0 aliphatic heterocycles. The van der Waals surface area contributed by atoms with Gasteiger partial charge in [0.2, 0.25) is 0 Å². The van der Waals surface area contributed by atoms with Crippen LogP contribution in [0.15, 0.2) is 28.7 Å². The van der Waals surface area contributed by atoms with Crippen molar-refractivity contribution < 1.29 is 13.2 Å². The molecule has 1 aromatic heterocycles. The summed E-state index contributed by atoms with van der Waals surface area (Å²) in [5.41, 5.74) is 7.17. The number of anilines is 1. The molecule has 0 bridgehead atoms. The van der Waals surface area contributed by atoms with E-state index in [4.69, 9.17) is 18.0 Å². The predicted molar refractivity (Wildman–Crippen MR) is 100.0 cm³/mol. The second-order valence-corrected chi connectivity index (χ2v) is 9.47. The Balaban J connectivity index is 1.81. The molecule has 0 saturated heterocycles. The Morgan fingerprint density at radius 1 is 1.40 bits per heavy atom. The first-order valence-corrected chi connectivity index (χ1v) is 9.99. The Morgan fingerprint density at radius 3 is 2.68 bits per heavy atom. The summed E-state index contributed by atoms with van der Waals surface area (Å²) in [5.74, 6) is 0.452. The summed E-state index contributed by atoms with van der Waals surface area (Å²) < 4.78 is 24.7. The molecule has 1 fully saturated rings. The first kappa shape index (κ1) is 18.0. The quantitative estimate of drug-likeness (QED) is 0.667. The molecule has 0 radical (unpaired) electrons. The monoisotopic (exact) mass is 380 g/mol. The Bertz CT molecular complexity index is 892. The van der Waals surface area contributed by atoms with Crippen LogP contribution in [0.3, 0.4) is 0 Å². The summed E-state index contributed by atoms with van der Waals surface area (Å²) in [6.45, 7) is 3.15. The van der Waals surface area contributed by atoms with E-state index < -0.39 is 27.0 Å². The van der Waals surface area contributed by atoms with Gasteiger partial charge in [0.1, 0.15) is 0 Å². The summed E-state index contributed by atoms with van der Waals surface area (Å²) in [6, 6.07) is 0.793. The van der Waals surface area contributed by atoms with Crippen molar-refractivity contribution in [2.24, 2.45) is 5.73 Å². The largest absolute Gasteiger partial charge is 0.319 e. The lowest BCUT2D eigenvalue weighted by atomic mass is 10.00. The maximum Gasteiger partial charge on any atom is 0.258 e. The van der Waals surface area contributed by atoms with Crippen LogP contribution in [0, 0.1) is 0 Å². The van der Waals surface area contributed by atoms with Gasteiger partial charge in [0.25, 0.3) is 5.91 Å². The number of amides is 1. The average molecular weight is 380 g/mol. The molecular weight excluding hydrogens is 360 g/mol. The molecule has 3 rings (SSSR count). The lowest BCUT2D eigenvalue weighted by Gasteiger charge is -2.23. The number of nitrogens with zero attached hydrogens (tertiary/aromatic N) is 1. The fourth-order valence-electron chi connectivity index (χ4n) is 2.57. The number of carbonyl (C=O) groups excluding carboxylic acids is 1. The lowest BCUT2D eigenvalue weighted by molar-refractivity contribution is -0.112. The maximum atomic E-state index is 12.5. The molecule has 1 amide bonds. The zero-order chi connectivity index (χ0) is 18.4. The van der Waals surface area contributed by atoms with Crippen LogP contribution in [-0.2, 0) is 14.6 Å². The predicted octanol–water partition coefficient (Wildman–Crippen LogP) is 1.57. The molecular formula is C16H20N4O3S2. The third kappa shape index (κ3) is 3.44. The highest BCUT2D eigenvalue weighted by Crippen LogP contribution is 2.39. The van der Waals surface area contributed by atoms with Crippen LogP contribution in [0.2, 0.25) is 0 Å². The molecule has 7 nitrogen and oxygen atoms in total. The fourth-order valence-corrected chi connectivity index (χ4v) is 4.20. The van der Waals surface area contributed by atoms with E-state index in [1.807, 2.05) is 0 Å². The van der Waals surface area contributed by atoms with Gasteiger partial charge in [-0.05, 0) is 38.8 Å². The van der Waals surface area contributed by atoms with Crippen molar-refractivity contribution in [2.45, 2.75) is 43.9 Å². The molecule has 1 saturated carbocycles. The highest BCUT2D eigenvalue weighted by atomic mass is 32.2. The van der Waals surface area contributed by atoms with E-state index in [0.29, 0.717) is 11.7 Å². The van der Waals surface area contributed by atoms with Gasteiger partial charge >= 0.3 is 0 Å². The van der Waals surface area contributed by atoms with E-state index in [-0.39, 0.29) is 15.3 Å². The fraction of sp³-hybridized carbons (Fsp3) is 0.438. The minimum Gasteiger partial charge on any atom is -0.319 e. The third-order valence-electron chi connectivity index (χ3n) is 4.32. The molecule has 0 spiro atoms. The molecule has 1 aromatic rings. The van der Waals surface area contributed by atoms with Crippen molar-refractivity contribution >= 4 is 38.6 Å².